The normalized spacial score (nSPS) is 17.9. The number of rotatable bonds is 3. The second-order valence-corrected chi connectivity index (χ2v) is 7.81. The predicted molar refractivity (Wildman–Crippen MR) is 87.9 cm³/mol. The van der Waals surface area contributed by atoms with Gasteiger partial charge in [-0.15, -0.1) is 11.3 Å². The molecule has 1 aromatic heterocycles. The average Bonchev–Trinajstić information content (AvgIpc) is 2.85. The smallest absolute Gasteiger partial charge is 0.192 e. The Morgan fingerprint density at radius 1 is 1.35 bits per heavy atom. The van der Waals surface area contributed by atoms with Gasteiger partial charge in [0.1, 0.15) is 0 Å². The summed E-state index contributed by atoms with van der Waals surface area (Å²) in [5, 5.41) is 0. The van der Waals surface area contributed by atoms with Gasteiger partial charge in [0.2, 0.25) is 0 Å². The number of carbonyl (C=O) groups excluding carboxylic acids is 1. The number of ketones is 1. The molecular formula is C16H16BrNOS. The van der Waals surface area contributed by atoms with E-state index in [0.717, 1.165) is 21.6 Å². The topological polar surface area (TPSA) is 20.3 Å². The number of para-hydroxylation sites is 1. The molecule has 1 aliphatic rings. The fraction of sp³-hybridized carbons (Fsp3) is 0.312. The van der Waals surface area contributed by atoms with Crippen LogP contribution in [0.15, 0.2) is 40.2 Å². The third kappa shape index (κ3) is 2.81. The van der Waals surface area contributed by atoms with E-state index in [-0.39, 0.29) is 5.78 Å². The number of Topliss-reactive ketones (excluding diaryl/α,β-unsaturated/α-hetero) is 1. The van der Waals surface area contributed by atoms with Gasteiger partial charge in [0, 0.05) is 12.2 Å². The number of hydrogen-bond donors (Lipinski definition) is 0. The summed E-state index contributed by atoms with van der Waals surface area (Å²) >= 11 is 4.92. The summed E-state index contributed by atoms with van der Waals surface area (Å²) < 4.78 is 1.01. The third-order valence-electron chi connectivity index (χ3n) is 3.62. The quantitative estimate of drug-likeness (QED) is 0.765. The van der Waals surface area contributed by atoms with Crippen molar-refractivity contribution in [2.24, 2.45) is 5.92 Å². The Bertz CT molecular complexity index is 637. The first-order valence-electron chi connectivity index (χ1n) is 6.75. The van der Waals surface area contributed by atoms with Crippen LogP contribution in [0.2, 0.25) is 0 Å². The van der Waals surface area contributed by atoms with Crippen LogP contribution < -0.4 is 4.90 Å². The maximum absolute atomic E-state index is 12.4. The molecule has 1 atom stereocenters. The summed E-state index contributed by atoms with van der Waals surface area (Å²) in [6.45, 7) is 3.67. The van der Waals surface area contributed by atoms with E-state index in [9.17, 15) is 4.79 Å². The molecule has 104 valence electrons. The van der Waals surface area contributed by atoms with E-state index in [1.807, 2.05) is 18.2 Å². The summed E-state index contributed by atoms with van der Waals surface area (Å²) in [7, 11) is 0. The largest absolute Gasteiger partial charge is 0.363 e. The highest BCUT2D eigenvalue weighted by atomic mass is 79.9. The summed E-state index contributed by atoms with van der Waals surface area (Å²) in [6, 6.07) is 12.3. The first-order chi connectivity index (χ1) is 9.63. The van der Waals surface area contributed by atoms with Gasteiger partial charge in [-0.05, 0) is 52.0 Å². The second kappa shape index (κ2) is 5.70. The number of nitrogens with zero attached hydrogens (tertiary/aromatic N) is 1. The molecule has 1 aromatic carbocycles. The van der Waals surface area contributed by atoms with Crippen molar-refractivity contribution in [2.45, 2.75) is 13.3 Å². The van der Waals surface area contributed by atoms with Crippen LogP contribution in [0.25, 0.3) is 0 Å². The van der Waals surface area contributed by atoms with Crippen LogP contribution in [-0.2, 0) is 6.42 Å². The summed E-state index contributed by atoms with van der Waals surface area (Å²) in [6.07, 6.45) is 1.10. The number of anilines is 1. The first kappa shape index (κ1) is 13.8. The molecule has 1 unspecified atom stereocenters. The molecule has 0 radical (unpaired) electrons. The Balaban J connectivity index is 1.82. The molecule has 0 saturated heterocycles. The lowest BCUT2D eigenvalue weighted by atomic mass is 9.94. The summed E-state index contributed by atoms with van der Waals surface area (Å²) in [4.78, 5) is 15.4. The van der Waals surface area contributed by atoms with E-state index in [1.54, 1.807) is 0 Å². The number of benzene rings is 1. The molecule has 4 heteroatoms. The van der Waals surface area contributed by atoms with Crippen LogP contribution >= 0.6 is 27.3 Å². The van der Waals surface area contributed by atoms with Gasteiger partial charge in [-0.1, -0.05) is 25.1 Å². The number of fused-ring (bicyclic) bond motifs is 1. The lowest BCUT2D eigenvalue weighted by Gasteiger charge is -2.34. The van der Waals surface area contributed by atoms with E-state index in [4.69, 9.17) is 0 Å². The molecule has 2 aromatic rings. The van der Waals surface area contributed by atoms with Crippen molar-refractivity contribution in [2.75, 3.05) is 18.0 Å². The van der Waals surface area contributed by atoms with Crippen molar-refractivity contribution < 1.29 is 4.79 Å². The van der Waals surface area contributed by atoms with Gasteiger partial charge in [0.25, 0.3) is 0 Å². The maximum atomic E-state index is 12.4. The SMILES string of the molecule is CC1Cc2ccccc2N(CC(=O)c2ccc(Br)s2)C1. The zero-order chi connectivity index (χ0) is 14.1. The van der Waals surface area contributed by atoms with Gasteiger partial charge < -0.3 is 4.90 Å². The summed E-state index contributed by atoms with van der Waals surface area (Å²) in [5.74, 6) is 0.789. The monoisotopic (exact) mass is 349 g/mol. The minimum atomic E-state index is 0.199. The van der Waals surface area contributed by atoms with Crippen molar-refractivity contribution in [3.8, 4) is 0 Å². The Labute approximate surface area is 131 Å². The van der Waals surface area contributed by atoms with Crippen molar-refractivity contribution in [1.82, 2.24) is 0 Å². The lowest BCUT2D eigenvalue weighted by molar-refractivity contribution is 0.100. The minimum Gasteiger partial charge on any atom is -0.363 e. The Hall–Kier alpha value is -1.13. The zero-order valence-corrected chi connectivity index (χ0v) is 13.7. The van der Waals surface area contributed by atoms with E-state index in [1.165, 1.54) is 22.6 Å². The molecule has 0 amide bonds. The average molecular weight is 350 g/mol. The number of hydrogen-bond acceptors (Lipinski definition) is 3. The summed E-state index contributed by atoms with van der Waals surface area (Å²) in [5.41, 5.74) is 2.57. The first-order valence-corrected chi connectivity index (χ1v) is 8.36. The van der Waals surface area contributed by atoms with Crippen LogP contribution in [0.4, 0.5) is 5.69 Å². The predicted octanol–water partition coefficient (Wildman–Crippen LogP) is 4.39. The van der Waals surface area contributed by atoms with Gasteiger partial charge in [-0.2, -0.15) is 0 Å². The van der Waals surface area contributed by atoms with Gasteiger partial charge in [-0.3, -0.25) is 4.79 Å². The van der Waals surface area contributed by atoms with E-state index in [2.05, 4.69) is 46.0 Å². The van der Waals surface area contributed by atoms with Gasteiger partial charge in [-0.25, -0.2) is 0 Å². The molecule has 0 fully saturated rings. The molecule has 0 spiro atoms. The molecule has 0 N–H and O–H groups in total. The highest BCUT2D eigenvalue weighted by molar-refractivity contribution is 9.11. The zero-order valence-electron chi connectivity index (χ0n) is 11.3. The van der Waals surface area contributed by atoms with E-state index in [0.29, 0.717) is 12.5 Å². The Morgan fingerprint density at radius 2 is 2.15 bits per heavy atom. The van der Waals surface area contributed by atoms with Gasteiger partial charge in [0.15, 0.2) is 5.78 Å². The molecule has 1 aliphatic heterocycles. The third-order valence-corrected chi connectivity index (χ3v) is 5.28. The van der Waals surface area contributed by atoms with Crippen molar-refractivity contribution in [3.05, 3.63) is 50.6 Å². The molecule has 0 bridgehead atoms. The molecule has 2 nitrogen and oxygen atoms in total. The number of halogens is 1. The molecular weight excluding hydrogens is 334 g/mol. The Morgan fingerprint density at radius 3 is 2.90 bits per heavy atom. The van der Waals surface area contributed by atoms with Crippen LogP contribution in [0.3, 0.4) is 0 Å². The van der Waals surface area contributed by atoms with Gasteiger partial charge >= 0.3 is 0 Å². The van der Waals surface area contributed by atoms with Crippen LogP contribution in [0.1, 0.15) is 22.2 Å². The standard InChI is InChI=1S/C16H16BrNOS/c1-11-8-12-4-2-3-5-13(12)18(9-11)10-14(19)15-6-7-16(17)20-15/h2-7,11H,8-10H2,1H3. The van der Waals surface area contributed by atoms with Gasteiger partial charge in [0.05, 0.1) is 15.2 Å². The van der Waals surface area contributed by atoms with E-state index < -0.39 is 0 Å². The lowest BCUT2D eigenvalue weighted by Crippen LogP contribution is -2.37. The fourth-order valence-electron chi connectivity index (χ4n) is 2.77. The van der Waals surface area contributed by atoms with Crippen molar-refractivity contribution >= 4 is 38.7 Å². The Kier molecular flexibility index (Phi) is 3.94. The molecule has 3 rings (SSSR count). The highest BCUT2D eigenvalue weighted by Crippen LogP contribution is 2.30. The van der Waals surface area contributed by atoms with Crippen molar-refractivity contribution in [1.29, 1.82) is 0 Å². The minimum absolute atomic E-state index is 0.199. The van der Waals surface area contributed by atoms with Crippen LogP contribution in [0, 0.1) is 5.92 Å². The molecule has 2 heterocycles. The molecule has 0 saturated carbocycles. The number of carbonyl (C=O) groups is 1. The highest BCUT2D eigenvalue weighted by Gasteiger charge is 2.23. The fourth-order valence-corrected chi connectivity index (χ4v) is 4.09. The maximum Gasteiger partial charge on any atom is 0.192 e. The number of thiophene rings is 1. The molecule has 20 heavy (non-hydrogen) atoms. The second-order valence-electron chi connectivity index (χ2n) is 5.35. The van der Waals surface area contributed by atoms with Crippen molar-refractivity contribution in [3.63, 3.8) is 0 Å². The van der Waals surface area contributed by atoms with E-state index >= 15 is 0 Å². The van der Waals surface area contributed by atoms with Crippen LogP contribution in [0.5, 0.6) is 0 Å². The molecule has 0 aliphatic carbocycles. The van der Waals surface area contributed by atoms with Crippen LogP contribution in [-0.4, -0.2) is 18.9 Å².